The summed E-state index contributed by atoms with van der Waals surface area (Å²) in [5.41, 5.74) is 0.844. The van der Waals surface area contributed by atoms with Crippen molar-refractivity contribution in [2.24, 2.45) is 0 Å². The van der Waals surface area contributed by atoms with Crippen LogP contribution in [0.2, 0.25) is 0 Å². The third-order valence-corrected chi connectivity index (χ3v) is 5.14. The Morgan fingerprint density at radius 1 is 1.04 bits per heavy atom. The van der Waals surface area contributed by atoms with Gasteiger partial charge in [-0.1, -0.05) is 0 Å². The minimum atomic E-state index is -2.62. The molecule has 2 aliphatic heterocycles. The van der Waals surface area contributed by atoms with Gasteiger partial charge in [-0.15, -0.1) is 0 Å². The SMILES string of the molecule is COc1ccc(OC2CCN(c3ncnc(N4CC(F)(F)C4)c3C)CC2)cn1. The molecule has 4 heterocycles. The maximum absolute atomic E-state index is 13.2. The molecule has 7 nitrogen and oxygen atoms in total. The number of ether oxygens (including phenoxy) is 2. The zero-order valence-corrected chi connectivity index (χ0v) is 15.9. The highest BCUT2D eigenvalue weighted by Gasteiger charge is 2.45. The summed E-state index contributed by atoms with van der Waals surface area (Å²) in [5.74, 6) is 0.0582. The van der Waals surface area contributed by atoms with Gasteiger partial charge < -0.3 is 19.3 Å². The van der Waals surface area contributed by atoms with Gasteiger partial charge in [-0.05, 0) is 13.0 Å². The smallest absolute Gasteiger partial charge is 0.282 e. The lowest BCUT2D eigenvalue weighted by atomic mass is 10.1. The molecule has 4 rings (SSSR count). The lowest BCUT2D eigenvalue weighted by Crippen LogP contribution is -2.57. The highest BCUT2D eigenvalue weighted by molar-refractivity contribution is 5.60. The van der Waals surface area contributed by atoms with Crippen LogP contribution in [0, 0.1) is 6.92 Å². The van der Waals surface area contributed by atoms with E-state index in [0.29, 0.717) is 11.7 Å². The molecule has 2 aliphatic rings. The van der Waals surface area contributed by atoms with Crippen LogP contribution >= 0.6 is 0 Å². The predicted molar refractivity (Wildman–Crippen MR) is 101 cm³/mol. The van der Waals surface area contributed by atoms with Gasteiger partial charge in [0.1, 0.15) is 29.8 Å². The van der Waals surface area contributed by atoms with Crippen LogP contribution in [0.15, 0.2) is 24.7 Å². The van der Waals surface area contributed by atoms with E-state index in [2.05, 4.69) is 19.9 Å². The number of piperidine rings is 1. The van der Waals surface area contributed by atoms with Crippen molar-refractivity contribution in [3.63, 3.8) is 0 Å². The number of anilines is 2. The number of rotatable bonds is 5. The van der Waals surface area contributed by atoms with E-state index in [4.69, 9.17) is 9.47 Å². The molecule has 0 unspecified atom stereocenters. The minimum Gasteiger partial charge on any atom is -0.489 e. The Bertz CT molecular complexity index is 818. The van der Waals surface area contributed by atoms with Gasteiger partial charge in [-0.3, -0.25) is 0 Å². The molecule has 0 atom stereocenters. The quantitative estimate of drug-likeness (QED) is 0.776. The first-order valence-electron chi connectivity index (χ1n) is 9.31. The molecule has 0 saturated carbocycles. The highest BCUT2D eigenvalue weighted by atomic mass is 19.3. The first kappa shape index (κ1) is 18.6. The maximum atomic E-state index is 13.2. The molecular weight excluding hydrogens is 368 g/mol. The molecule has 2 saturated heterocycles. The molecule has 0 N–H and O–H groups in total. The van der Waals surface area contributed by atoms with E-state index in [-0.39, 0.29) is 19.2 Å². The van der Waals surface area contributed by atoms with Crippen molar-refractivity contribution >= 4 is 11.6 Å². The fourth-order valence-corrected chi connectivity index (χ4v) is 3.67. The second kappa shape index (κ2) is 7.37. The summed E-state index contributed by atoms with van der Waals surface area (Å²) in [4.78, 5) is 16.6. The fourth-order valence-electron chi connectivity index (χ4n) is 3.67. The number of nitrogens with zero attached hydrogens (tertiary/aromatic N) is 5. The third-order valence-electron chi connectivity index (χ3n) is 5.14. The zero-order valence-electron chi connectivity index (χ0n) is 15.9. The molecule has 28 heavy (non-hydrogen) atoms. The second-order valence-corrected chi connectivity index (χ2v) is 7.20. The van der Waals surface area contributed by atoms with Gasteiger partial charge in [-0.2, -0.15) is 0 Å². The number of halogens is 2. The molecule has 0 bridgehead atoms. The highest BCUT2D eigenvalue weighted by Crippen LogP contribution is 2.35. The fraction of sp³-hybridized carbons (Fsp3) is 0.526. The van der Waals surface area contributed by atoms with Gasteiger partial charge in [0.15, 0.2) is 0 Å². The van der Waals surface area contributed by atoms with Crippen molar-refractivity contribution < 1.29 is 18.3 Å². The number of hydrogen-bond donors (Lipinski definition) is 0. The number of pyridine rings is 1. The minimum absolute atomic E-state index is 0.0992. The summed E-state index contributed by atoms with van der Waals surface area (Å²) in [5, 5.41) is 0. The van der Waals surface area contributed by atoms with Crippen molar-refractivity contribution in [1.82, 2.24) is 15.0 Å². The standard InChI is InChI=1S/C19H23F2N5O2/c1-13-17(23-12-24-18(13)26-10-19(20,21)11-26)25-7-5-14(6-8-25)28-15-3-4-16(27-2)22-9-15/h3-4,9,12,14H,5-8,10-11H2,1-2H3. The summed E-state index contributed by atoms with van der Waals surface area (Å²) in [6.07, 6.45) is 4.90. The molecule has 0 radical (unpaired) electrons. The Morgan fingerprint density at radius 3 is 2.29 bits per heavy atom. The zero-order chi connectivity index (χ0) is 19.7. The lowest BCUT2D eigenvalue weighted by Gasteiger charge is -2.41. The number of aromatic nitrogens is 3. The van der Waals surface area contributed by atoms with Gasteiger partial charge in [0.05, 0.1) is 26.4 Å². The van der Waals surface area contributed by atoms with E-state index >= 15 is 0 Å². The molecular formula is C19H23F2N5O2. The van der Waals surface area contributed by atoms with Crippen LogP contribution in [-0.2, 0) is 0 Å². The first-order valence-corrected chi connectivity index (χ1v) is 9.31. The van der Waals surface area contributed by atoms with E-state index in [9.17, 15) is 8.78 Å². The molecule has 150 valence electrons. The Hall–Kier alpha value is -2.71. The van der Waals surface area contributed by atoms with Gasteiger partial charge in [0, 0.05) is 37.6 Å². The Labute approximate surface area is 162 Å². The normalized spacial score (nSPS) is 19.3. The molecule has 2 aromatic rings. The van der Waals surface area contributed by atoms with Gasteiger partial charge in [0.25, 0.3) is 5.92 Å². The van der Waals surface area contributed by atoms with Crippen molar-refractivity contribution in [2.75, 3.05) is 43.1 Å². The topological polar surface area (TPSA) is 63.6 Å². The van der Waals surface area contributed by atoms with Crippen molar-refractivity contribution in [3.05, 3.63) is 30.2 Å². The van der Waals surface area contributed by atoms with Crippen LogP contribution in [0.5, 0.6) is 11.6 Å². The van der Waals surface area contributed by atoms with Gasteiger partial charge in [-0.25, -0.2) is 23.7 Å². The third kappa shape index (κ3) is 3.79. The number of hydrogen-bond acceptors (Lipinski definition) is 7. The lowest BCUT2D eigenvalue weighted by molar-refractivity contribution is -0.0267. The molecule has 2 aromatic heterocycles. The Balaban J connectivity index is 1.37. The van der Waals surface area contributed by atoms with E-state index in [1.54, 1.807) is 24.3 Å². The summed E-state index contributed by atoms with van der Waals surface area (Å²) >= 11 is 0. The average Bonchev–Trinajstić information content (AvgIpc) is 2.68. The van der Waals surface area contributed by atoms with Gasteiger partial charge >= 0.3 is 0 Å². The van der Waals surface area contributed by atoms with Crippen molar-refractivity contribution in [2.45, 2.75) is 31.8 Å². The Kier molecular flexibility index (Phi) is 4.91. The van der Waals surface area contributed by atoms with Crippen LogP contribution < -0.4 is 19.3 Å². The van der Waals surface area contributed by atoms with Crippen LogP contribution in [-0.4, -0.2) is 60.3 Å². The van der Waals surface area contributed by atoms with Crippen molar-refractivity contribution in [1.29, 1.82) is 0 Å². The maximum Gasteiger partial charge on any atom is 0.282 e. The van der Waals surface area contributed by atoms with E-state index in [0.717, 1.165) is 43.1 Å². The molecule has 0 spiro atoms. The summed E-state index contributed by atoms with van der Waals surface area (Å²) in [6, 6.07) is 3.62. The van der Waals surface area contributed by atoms with Crippen LogP contribution in [0.1, 0.15) is 18.4 Å². The van der Waals surface area contributed by atoms with Gasteiger partial charge in [0.2, 0.25) is 5.88 Å². The molecule has 0 aromatic carbocycles. The van der Waals surface area contributed by atoms with E-state index in [1.165, 1.54) is 6.33 Å². The molecule has 0 amide bonds. The van der Waals surface area contributed by atoms with E-state index < -0.39 is 5.92 Å². The Morgan fingerprint density at radius 2 is 1.71 bits per heavy atom. The predicted octanol–water partition coefficient (Wildman–Crippen LogP) is 2.69. The van der Waals surface area contributed by atoms with Crippen LogP contribution in [0.4, 0.5) is 20.4 Å². The van der Waals surface area contributed by atoms with Crippen LogP contribution in [0.25, 0.3) is 0 Å². The number of methoxy groups -OCH3 is 1. The molecule has 0 aliphatic carbocycles. The molecule has 9 heteroatoms. The van der Waals surface area contributed by atoms with E-state index in [1.807, 2.05) is 13.0 Å². The summed E-state index contributed by atoms with van der Waals surface area (Å²) in [6.45, 7) is 2.89. The van der Waals surface area contributed by atoms with Crippen molar-refractivity contribution in [3.8, 4) is 11.6 Å². The second-order valence-electron chi connectivity index (χ2n) is 7.20. The first-order chi connectivity index (χ1) is 13.4. The number of alkyl halides is 2. The van der Waals surface area contributed by atoms with Crippen LogP contribution in [0.3, 0.4) is 0 Å². The monoisotopic (exact) mass is 391 g/mol. The summed E-state index contributed by atoms with van der Waals surface area (Å²) < 4.78 is 37.5. The average molecular weight is 391 g/mol. The summed E-state index contributed by atoms with van der Waals surface area (Å²) in [7, 11) is 1.58. The largest absolute Gasteiger partial charge is 0.489 e. The molecule has 2 fully saturated rings.